The van der Waals surface area contributed by atoms with Gasteiger partial charge in [0.2, 0.25) is 0 Å². The first kappa shape index (κ1) is 11.7. The number of hydrogen-bond donors (Lipinski definition) is 1. The van der Waals surface area contributed by atoms with Gasteiger partial charge in [0.15, 0.2) is 0 Å². The van der Waals surface area contributed by atoms with Gasteiger partial charge in [-0.05, 0) is 31.2 Å². The van der Waals surface area contributed by atoms with E-state index in [1.807, 2.05) is 0 Å². The van der Waals surface area contributed by atoms with Crippen molar-refractivity contribution in [1.29, 1.82) is 0 Å². The van der Waals surface area contributed by atoms with Crippen LogP contribution in [0.25, 0.3) is 0 Å². The summed E-state index contributed by atoms with van der Waals surface area (Å²) in [5.41, 5.74) is 5.85. The van der Waals surface area contributed by atoms with Crippen LogP contribution < -0.4 is 5.73 Å². The first-order valence-electron chi connectivity index (χ1n) is 4.31. The predicted molar refractivity (Wildman–Crippen MR) is 56.5 cm³/mol. The lowest BCUT2D eigenvalue weighted by Gasteiger charge is -2.25. The molecule has 2 heteroatoms. The van der Waals surface area contributed by atoms with E-state index >= 15 is 0 Å². The minimum absolute atomic E-state index is 0. The molecular weight excluding hydrogens is 170 g/mol. The van der Waals surface area contributed by atoms with Crippen molar-refractivity contribution < 1.29 is 0 Å². The van der Waals surface area contributed by atoms with E-state index in [1.54, 1.807) is 0 Å². The number of nitrogens with two attached hydrogens (primary N) is 1. The Morgan fingerprint density at radius 3 is 2.67 bits per heavy atom. The molecule has 0 saturated heterocycles. The van der Waals surface area contributed by atoms with Crippen LogP contribution in [0, 0.1) is 5.41 Å². The van der Waals surface area contributed by atoms with E-state index in [9.17, 15) is 0 Å². The molecule has 70 valence electrons. The van der Waals surface area contributed by atoms with Crippen molar-refractivity contribution in [2.24, 2.45) is 11.1 Å². The molecule has 0 amide bonds. The predicted octanol–water partition coefficient (Wildman–Crippen LogP) is 2.67. The molecule has 1 nitrogen and oxygen atoms in total. The van der Waals surface area contributed by atoms with E-state index in [2.05, 4.69) is 31.2 Å². The van der Waals surface area contributed by atoms with Crippen LogP contribution in [0.4, 0.5) is 0 Å². The smallest absolute Gasteiger partial charge is 0.00770 e. The topological polar surface area (TPSA) is 26.0 Å². The zero-order valence-corrected chi connectivity index (χ0v) is 8.44. The summed E-state index contributed by atoms with van der Waals surface area (Å²) in [7, 11) is 0. The quantitative estimate of drug-likeness (QED) is 0.723. The molecule has 0 aromatic rings. The Kier molecular flexibility index (Phi) is 5.27. The van der Waals surface area contributed by atoms with E-state index in [0.717, 1.165) is 13.0 Å². The second kappa shape index (κ2) is 5.39. The molecule has 0 aromatic heterocycles. The fourth-order valence-electron chi connectivity index (χ4n) is 1.46. The van der Waals surface area contributed by atoms with E-state index in [-0.39, 0.29) is 12.4 Å². The molecule has 1 aliphatic carbocycles. The standard InChI is InChI=1S/C10H17N.ClH/c1-10(8-5-9-11)6-3-2-4-7-10;/h2-4,6H,5,7-9,11H2,1H3;1H. The summed E-state index contributed by atoms with van der Waals surface area (Å²) in [5.74, 6) is 0. The average molecular weight is 188 g/mol. The molecule has 1 atom stereocenters. The van der Waals surface area contributed by atoms with Gasteiger partial charge in [-0.15, -0.1) is 12.4 Å². The van der Waals surface area contributed by atoms with Crippen molar-refractivity contribution >= 4 is 12.4 Å². The van der Waals surface area contributed by atoms with Crippen molar-refractivity contribution in [1.82, 2.24) is 0 Å². The van der Waals surface area contributed by atoms with Crippen LogP contribution in [0.3, 0.4) is 0 Å². The van der Waals surface area contributed by atoms with Crippen molar-refractivity contribution in [2.45, 2.75) is 26.2 Å². The van der Waals surface area contributed by atoms with Gasteiger partial charge in [0.05, 0.1) is 0 Å². The molecule has 12 heavy (non-hydrogen) atoms. The van der Waals surface area contributed by atoms with Crippen molar-refractivity contribution in [3.05, 3.63) is 24.3 Å². The molecule has 0 spiro atoms. The number of hydrogen-bond acceptors (Lipinski definition) is 1. The number of allylic oxidation sites excluding steroid dienone is 4. The Hall–Kier alpha value is -0.270. The van der Waals surface area contributed by atoms with Gasteiger partial charge in [0.1, 0.15) is 0 Å². The Labute approximate surface area is 81.1 Å². The molecule has 1 unspecified atom stereocenters. The van der Waals surface area contributed by atoms with Crippen molar-refractivity contribution in [3.8, 4) is 0 Å². The van der Waals surface area contributed by atoms with Gasteiger partial charge in [-0.2, -0.15) is 0 Å². The third-order valence-corrected chi connectivity index (χ3v) is 2.28. The second-order valence-corrected chi connectivity index (χ2v) is 3.54. The van der Waals surface area contributed by atoms with Crippen LogP contribution >= 0.6 is 12.4 Å². The molecule has 0 heterocycles. The highest BCUT2D eigenvalue weighted by Gasteiger charge is 2.19. The van der Waals surface area contributed by atoms with Gasteiger partial charge in [-0.1, -0.05) is 31.2 Å². The van der Waals surface area contributed by atoms with Gasteiger partial charge in [0.25, 0.3) is 0 Å². The van der Waals surface area contributed by atoms with Gasteiger partial charge in [-0.3, -0.25) is 0 Å². The number of halogens is 1. The molecule has 0 bridgehead atoms. The van der Waals surface area contributed by atoms with E-state index in [1.165, 1.54) is 12.8 Å². The first-order chi connectivity index (χ1) is 5.27. The molecule has 0 radical (unpaired) electrons. The fraction of sp³-hybridized carbons (Fsp3) is 0.600. The van der Waals surface area contributed by atoms with Gasteiger partial charge in [-0.25, -0.2) is 0 Å². The van der Waals surface area contributed by atoms with Crippen LogP contribution in [0.15, 0.2) is 24.3 Å². The highest BCUT2D eigenvalue weighted by Crippen LogP contribution is 2.31. The molecule has 2 N–H and O–H groups in total. The van der Waals surface area contributed by atoms with E-state index in [4.69, 9.17) is 5.73 Å². The largest absolute Gasteiger partial charge is 0.330 e. The zero-order valence-electron chi connectivity index (χ0n) is 7.62. The third kappa shape index (κ3) is 3.42. The Morgan fingerprint density at radius 1 is 1.42 bits per heavy atom. The van der Waals surface area contributed by atoms with Crippen LogP contribution in [0.2, 0.25) is 0 Å². The summed E-state index contributed by atoms with van der Waals surface area (Å²) in [5, 5.41) is 0. The minimum atomic E-state index is 0. The summed E-state index contributed by atoms with van der Waals surface area (Å²) in [4.78, 5) is 0. The normalized spacial score (nSPS) is 26.8. The molecule has 1 rings (SSSR count). The van der Waals surface area contributed by atoms with Gasteiger partial charge in [0, 0.05) is 0 Å². The van der Waals surface area contributed by atoms with Crippen molar-refractivity contribution in [3.63, 3.8) is 0 Å². The van der Waals surface area contributed by atoms with Crippen LogP contribution in [0.1, 0.15) is 26.2 Å². The summed E-state index contributed by atoms with van der Waals surface area (Å²) in [6.45, 7) is 3.11. The maximum absolute atomic E-state index is 5.46. The first-order valence-corrected chi connectivity index (χ1v) is 4.31. The highest BCUT2D eigenvalue weighted by molar-refractivity contribution is 5.85. The van der Waals surface area contributed by atoms with E-state index < -0.39 is 0 Å². The van der Waals surface area contributed by atoms with Gasteiger partial charge >= 0.3 is 0 Å². The summed E-state index contributed by atoms with van der Waals surface area (Å²) in [6, 6.07) is 0. The zero-order chi connectivity index (χ0) is 8.16. The maximum Gasteiger partial charge on any atom is -0.00770 e. The average Bonchev–Trinajstić information content (AvgIpc) is 2.03. The third-order valence-electron chi connectivity index (χ3n) is 2.28. The fourth-order valence-corrected chi connectivity index (χ4v) is 1.46. The molecule has 1 aliphatic rings. The minimum Gasteiger partial charge on any atom is -0.330 e. The molecule has 0 aliphatic heterocycles. The van der Waals surface area contributed by atoms with Crippen LogP contribution in [-0.4, -0.2) is 6.54 Å². The molecular formula is C10H18ClN. The lowest BCUT2D eigenvalue weighted by atomic mass is 9.80. The second-order valence-electron chi connectivity index (χ2n) is 3.54. The summed E-state index contributed by atoms with van der Waals surface area (Å²) >= 11 is 0. The highest BCUT2D eigenvalue weighted by atomic mass is 35.5. The Balaban J connectivity index is 0.00000121. The maximum atomic E-state index is 5.46. The van der Waals surface area contributed by atoms with Crippen molar-refractivity contribution in [2.75, 3.05) is 6.54 Å². The van der Waals surface area contributed by atoms with Gasteiger partial charge < -0.3 is 5.73 Å². The lowest BCUT2D eigenvalue weighted by molar-refractivity contribution is 0.383. The molecule has 0 saturated carbocycles. The van der Waals surface area contributed by atoms with Crippen LogP contribution in [-0.2, 0) is 0 Å². The lowest BCUT2D eigenvalue weighted by Crippen LogP contribution is -2.15. The molecule has 0 aromatic carbocycles. The van der Waals surface area contributed by atoms with Crippen LogP contribution in [0.5, 0.6) is 0 Å². The SMILES string of the molecule is CC1(CCCN)C=CC=CC1.Cl. The summed E-state index contributed by atoms with van der Waals surface area (Å²) in [6.07, 6.45) is 12.3. The molecule has 0 fully saturated rings. The monoisotopic (exact) mass is 187 g/mol. The Morgan fingerprint density at radius 2 is 2.17 bits per heavy atom. The van der Waals surface area contributed by atoms with E-state index in [0.29, 0.717) is 5.41 Å². The Bertz CT molecular complexity index is 175. The number of rotatable bonds is 3. The summed E-state index contributed by atoms with van der Waals surface area (Å²) < 4.78 is 0.